The third-order valence-corrected chi connectivity index (χ3v) is 6.79. The molecule has 13 heteroatoms. The van der Waals surface area contributed by atoms with Gasteiger partial charge in [0, 0.05) is 62.9 Å². The van der Waals surface area contributed by atoms with Gasteiger partial charge in [-0.25, -0.2) is 9.37 Å². The molecule has 2 aliphatic heterocycles. The summed E-state index contributed by atoms with van der Waals surface area (Å²) in [5, 5.41) is 18.8. The number of amides is 1. The smallest absolute Gasteiger partial charge is 0.421 e. The Hall–Kier alpha value is -4.13. The first-order valence-corrected chi connectivity index (χ1v) is 12.4. The summed E-state index contributed by atoms with van der Waals surface area (Å²) >= 11 is 0. The Morgan fingerprint density at radius 3 is 2.62 bits per heavy atom. The number of fused-ring (bicyclic) bond motifs is 1. The number of piperazine rings is 1. The molecule has 0 spiro atoms. The molecule has 0 aliphatic carbocycles. The van der Waals surface area contributed by atoms with Crippen LogP contribution < -0.4 is 20.9 Å². The molecule has 4 N–H and O–H groups in total. The van der Waals surface area contributed by atoms with Crippen molar-refractivity contribution in [3.8, 4) is 5.75 Å². The fraction of sp³-hybridized carbons (Fsp3) is 0.346. The molecule has 0 bridgehead atoms. The van der Waals surface area contributed by atoms with Crippen LogP contribution in [0, 0.1) is 0 Å². The van der Waals surface area contributed by atoms with Crippen LogP contribution in [0.15, 0.2) is 42.6 Å². The van der Waals surface area contributed by atoms with Crippen LogP contribution in [0.1, 0.15) is 16.7 Å². The van der Waals surface area contributed by atoms with Gasteiger partial charge in [-0.15, -0.1) is 0 Å². The zero-order chi connectivity index (χ0) is 27.6. The van der Waals surface area contributed by atoms with E-state index in [2.05, 4.69) is 30.8 Å². The molecule has 5 rings (SSSR count). The van der Waals surface area contributed by atoms with Crippen LogP contribution in [0.3, 0.4) is 0 Å². The van der Waals surface area contributed by atoms with Crippen molar-refractivity contribution in [2.45, 2.75) is 19.1 Å². The van der Waals surface area contributed by atoms with Gasteiger partial charge in [0.1, 0.15) is 23.8 Å². The van der Waals surface area contributed by atoms with Crippen LogP contribution in [-0.4, -0.2) is 65.3 Å². The number of halogens is 4. The number of carbonyl (C=O) groups is 1. The summed E-state index contributed by atoms with van der Waals surface area (Å²) in [6.45, 7) is 2.79. The number of phenols is 1. The van der Waals surface area contributed by atoms with Gasteiger partial charge in [0.05, 0.1) is 12.1 Å². The second kappa shape index (κ2) is 10.9. The Morgan fingerprint density at radius 1 is 1.10 bits per heavy atom. The van der Waals surface area contributed by atoms with Crippen molar-refractivity contribution in [3.05, 3.63) is 59.3 Å². The van der Waals surface area contributed by atoms with E-state index in [-0.39, 0.29) is 36.3 Å². The largest absolute Gasteiger partial charge is 0.506 e. The molecule has 0 unspecified atom stereocenters. The SMILES string of the molecule is O=C1Cc2c(CNc3nc(Nc4ccc(N5CCN(CCF)CC5)cc4O)ncc3C(F)(F)F)cccc2N1. The van der Waals surface area contributed by atoms with Crippen molar-refractivity contribution in [1.29, 1.82) is 0 Å². The minimum absolute atomic E-state index is 0.0101. The van der Waals surface area contributed by atoms with Crippen LogP contribution >= 0.6 is 0 Å². The first-order chi connectivity index (χ1) is 18.7. The van der Waals surface area contributed by atoms with Crippen molar-refractivity contribution < 1.29 is 27.5 Å². The average Bonchev–Trinajstić information content (AvgIpc) is 3.29. The van der Waals surface area contributed by atoms with Crippen LogP contribution in [0.5, 0.6) is 5.75 Å². The highest BCUT2D eigenvalue weighted by Gasteiger charge is 2.35. The molecular weight excluding hydrogens is 518 g/mol. The number of benzene rings is 2. The minimum atomic E-state index is -4.70. The second-order valence-electron chi connectivity index (χ2n) is 9.32. The Morgan fingerprint density at radius 2 is 1.90 bits per heavy atom. The summed E-state index contributed by atoms with van der Waals surface area (Å²) in [5.41, 5.74) is 2.00. The fourth-order valence-electron chi connectivity index (χ4n) is 4.74. The van der Waals surface area contributed by atoms with Crippen molar-refractivity contribution in [2.75, 3.05) is 60.2 Å². The predicted molar refractivity (Wildman–Crippen MR) is 139 cm³/mol. The summed E-state index contributed by atoms with van der Waals surface area (Å²) in [7, 11) is 0. The molecule has 1 aromatic heterocycles. The fourth-order valence-corrected chi connectivity index (χ4v) is 4.74. The number of hydrogen-bond acceptors (Lipinski definition) is 8. The number of carbonyl (C=O) groups excluding carboxylic acids is 1. The summed E-state index contributed by atoms with van der Waals surface area (Å²) in [4.78, 5) is 23.7. The van der Waals surface area contributed by atoms with E-state index in [1.54, 1.807) is 36.4 Å². The highest BCUT2D eigenvalue weighted by molar-refractivity contribution is 5.99. The van der Waals surface area contributed by atoms with Crippen molar-refractivity contribution in [3.63, 3.8) is 0 Å². The molecule has 3 heterocycles. The topological polar surface area (TPSA) is 106 Å². The maximum absolute atomic E-state index is 13.7. The third-order valence-electron chi connectivity index (χ3n) is 6.79. The Kier molecular flexibility index (Phi) is 7.42. The highest BCUT2D eigenvalue weighted by atomic mass is 19.4. The van der Waals surface area contributed by atoms with Crippen LogP contribution in [0.2, 0.25) is 0 Å². The maximum Gasteiger partial charge on any atom is 0.421 e. The Bertz CT molecular complexity index is 1360. The normalized spacial score (nSPS) is 15.7. The lowest BCUT2D eigenvalue weighted by Crippen LogP contribution is -2.47. The Labute approximate surface area is 221 Å². The quantitative estimate of drug-likeness (QED) is 0.247. The molecule has 1 fully saturated rings. The summed E-state index contributed by atoms with van der Waals surface area (Å²) in [5.74, 6) is -0.860. The molecule has 39 heavy (non-hydrogen) atoms. The van der Waals surface area contributed by atoms with E-state index in [0.717, 1.165) is 11.3 Å². The summed E-state index contributed by atoms with van der Waals surface area (Å²) in [6, 6.07) is 10.1. The van der Waals surface area contributed by atoms with Gasteiger partial charge in [0.2, 0.25) is 11.9 Å². The number of nitrogens with zero attached hydrogens (tertiary/aromatic N) is 4. The van der Waals surface area contributed by atoms with E-state index >= 15 is 0 Å². The molecular formula is C26H27F4N7O2. The van der Waals surface area contributed by atoms with E-state index in [1.807, 2.05) is 4.90 Å². The molecule has 206 valence electrons. The zero-order valence-electron chi connectivity index (χ0n) is 20.9. The Balaban J connectivity index is 1.32. The molecule has 1 saturated heterocycles. The van der Waals surface area contributed by atoms with Crippen LogP contribution in [0.25, 0.3) is 0 Å². The van der Waals surface area contributed by atoms with Crippen LogP contribution in [0.4, 0.5) is 46.4 Å². The van der Waals surface area contributed by atoms with Crippen LogP contribution in [-0.2, 0) is 23.9 Å². The molecule has 1 amide bonds. The number of alkyl halides is 4. The molecule has 0 atom stereocenters. The van der Waals surface area contributed by atoms with Gasteiger partial charge in [-0.1, -0.05) is 12.1 Å². The van der Waals surface area contributed by atoms with Gasteiger partial charge in [-0.05, 0) is 29.3 Å². The summed E-state index contributed by atoms with van der Waals surface area (Å²) < 4.78 is 53.7. The minimum Gasteiger partial charge on any atom is -0.506 e. The van der Waals surface area contributed by atoms with E-state index in [1.165, 1.54) is 0 Å². The van der Waals surface area contributed by atoms with Gasteiger partial charge in [-0.2, -0.15) is 18.2 Å². The van der Waals surface area contributed by atoms with Crippen molar-refractivity contribution in [2.24, 2.45) is 0 Å². The number of aromatic hydroxyl groups is 1. The predicted octanol–water partition coefficient (Wildman–Crippen LogP) is 4.14. The highest BCUT2D eigenvalue weighted by Crippen LogP contribution is 2.36. The van der Waals surface area contributed by atoms with Crippen molar-refractivity contribution >= 4 is 34.7 Å². The lowest BCUT2D eigenvalue weighted by molar-refractivity contribution is -0.137. The standard InChI is InChI=1S/C26H27F4N7O2/c27-6-7-36-8-10-37(11-9-36)17-4-5-21(22(38)12-17)34-25-32-15-19(26(28,29)30)24(35-25)31-14-16-2-1-3-20-18(16)13-23(39)33-20/h1-5,12,15,38H,6-11,13-14H2,(H,33,39)(H2,31,32,34,35). The second-order valence-corrected chi connectivity index (χ2v) is 9.32. The average molecular weight is 546 g/mol. The molecule has 0 saturated carbocycles. The van der Waals surface area contributed by atoms with E-state index in [0.29, 0.717) is 50.2 Å². The van der Waals surface area contributed by atoms with Crippen molar-refractivity contribution in [1.82, 2.24) is 14.9 Å². The molecule has 0 radical (unpaired) electrons. The van der Waals surface area contributed by atoms with Gasteiger partial charge in [-0.3, -0.25) is 9.69 Å². The first-order valence-electron chi connectivity index (χ1n) is 12.4. The number of phenolic OH excluding ortho intramolecular Hbond substituents is 1. The lowest BCUT2D eigenvalue weighted by atomic mass is 10.0. The molecule has 3 aromatic rings. The number of nitrogens with one attached hydrogen (secondary N) is 3. The van der Waals surface area contributed by atoms with E-state index < -0.39 is 24.2 Å². The maximum atomic E-state index is 13.7. The summed E-state index contributed by atoms with van der Waals surface area (Å²) in [6.07, 6.45) is -3.87. The van der Waals surface area contributed by atoms with Gasteiger partial charge in [0.25, 0.3) is 0 Å². The number of hydrogen-bond donors (Lipinski definition) is 4. The van der Waals surface area contributed by atoms with E-state index in [4.69, 9.17) is 0 Å². The number of aromatic nitrogens is 2. The zero-order valence-corrected chi connectivity index (χ0v) is 20.9. The van der Waals surface area contributed by atoms with E-state index in [9.17, 15) is 27.5 Å². The first kappa shape index (κ1) is 26.5. The number of rotatable bonds is 8. The molecule has 9 nitrogen and oxygen atoms in total. The third kappa shape index (κ3) is 5.98. The van der Waals surface area contributed by atoms with Gasteiger partial charge >= 0.3 is 6.18 Å². The lowest BCUT2D eigenvalue weighted by Gasteiger charge is -2.35. The molecule has 2 aliphatic rings. The molecule has 2 aromatic carbocycles. The monoisotopic (exact) mass is 545 g/mol. The van der Waals surface area contributed by atoms with Gasteiger partial charge in [0.15, 0.2) is 0 Å². The number of anilines is 5. The van der Waals surface area contributed by atoms with Gasteiger partial charge < -0.3 is 26.0 Å².